The molecular formula is C19H17NO5. The van der Waals surface area contributed by atoms with Crippen LogP contribution in [0.2, 0.25) is 0 Å². The summed E-state index contributed by atoms with van der Waals surface area (Å²) in [6.07, 6.45) is 7.33. The summed E-state index contributed by atoms with van der Waals surface area (Å²) >= 11 is 0. The van der Waals surface area contributed by atoms with Crippen LogP contribution in [-0.4, -0.2) is 31.9 Å². The Morgan fingerprint density at radius 2 is 1.72 bits per heavy atom. The Hall–Kier alpha value is -3.15. The van der Waals surface area contributed by atoms with Crippen molar-refractivity contribution in [2.45, 2.75) is 12.8 Å². The number of hydrogen-bond donors (Lipinski definition) is 0. The molecule has 1 aromatic carbocycles. The van der Waals surface area contributed by atoms with Gasteiger partial charge in [-0.2, -0.15) is 0 Å². The Morgan fingerprint density at radius 1 is 1.00 bits per heavy atom. The number of methoxy groups -OCH3 is 2. The monoisotopic (exact) mass is 339 g/mol. The summed E-state index contributed by atoms with van der Waals surface area (Å²) in [5, 5.41) is 0. The van der Waals surface area contributed by atoms with Gasteiger partial charge in [0.15, 0.2) is 0 Å². The molecule has 1 heterocycles. The molecule has 1 aliphatic carbocycles. The van der Waals surface area contributed by atoms with Gasteiger partial charge in [-0.25, -0.2) is 9.59 Å². The molecule has 0 fully saturated rings. The van der Waals surface area contributed by atoms with Crippen molar-refractivity contribution in [2.24, 2.45) is 0 Å². The molecule has 1 aliphatic heterocycles. The smallest absolute Gasteiger partial charge is 0.355 e. The first-order valence-electron chi connectivity index (χ1n) is 7.73. The Morgan fingerprint density at radius 3 is 2.44 bits per heavy atom. The second-order valence-electron chi connectivity index (χ2n) is 5.66. The maximum atomic E-state index is 12.4. The van der Waals surface area contributed by atoms with E-state index in [0.29, 0.717) is 18.5 Å². The number of nitrogens with zero attached hydrogens (tertiary/aromatic N) is 1. The largest absolute Gasteiger partial charge is 0.465 e. The third-order valence-electron chi connectivity index (χ3n) is 4.13. The molecule has 0 bridgehead atoms. The van der Waals surface area contributed by atoms with Crippen molar-refractivity contribution in [3.05, 3.63) is 65.0 Å². The molecule has 25 heavy (non-hydrogen) atoms. The lowest BCUT2D eigenvalue weighted by atomic mass is 10.1. The predicted octanol–water partition coefficient (Wildman–Crippen LogP) is 1.84. The summed E-state index contributed by atoms with van der Waals surface area (Å²) in [4.78, 5) is 37.7. The highest BCUT2D eigenvalue weighted by Gasteiger charge is 2.28. The van der Waals surface area contributed by atoms with E-state index in [1.807, 2.05) is 18.2 Å². The van der Waals surface area contributed by atoms with E-state index in [9.17, 15) is 14.4 Å². The van der Waals surface area contributed by atoms with Gasteiger partial charge in [-0.3, -0.25) is 4.79 Å². The third-order valence-corrected chi connectivity index (χ3v) is 4.13. The van der Waals surface area contributed by atoms with E-state index in [4.69, 9.17) is 9.47 Å². The zero-order valence-corrected chi connectivity index (χ0v) is 13.9. The zero-order valence-electron chi connectivity index (χ0n) is 13.9. The predicted molar refractivity (Wildman–Crippen MR) is 90.7 cm³/mol. The Kier molecular flexibility index (Phi) is 4.52. The van der Waals surface area contributed by atoms with Crippen LogP contribution in [0, 0.1) is 0 Å². The maximum Gasteiger partial charge on any atom is 0.355 e. The fraction of sp³-hybridized carbons (Fsp3) is 0.211. The highest BCUT2D eigenvalue weighted by molar-refractivity contribution is 6.05. The molecule has 0 N–H and O–H groups in total. The number of esters is 2. The van der Waals surface area contributed by atoms with E-state index in [1.54, 1.807) is 23.3 Å². The van der Waals surface area contributed by atoms with Gasteiger partial charge in [0, 0.05) is 24.7 Å². The second-order valence-corrected chi connectivity index (χ2v) is 5.66. The van der Waals surface area contributed by atoms with Crippen LogP contribution in [0.25, 0.3) is 0 Å². The number of carbonyl (C=O) groups excluding carboxylic acids is 3. The number of anilines is 1. The van der Waals surface area contributed by atoms with Crippen molar-refractivity contribution in [1.82, 2.24) is 0 Å². The van der Waals surface area contributed by atoms with Gasteiger partial charge < -0.3 is 14.4 Å². The highest BCUT2D eigenvalue weighted by Crippen LogP contribution is 2.30. The summed E-state index contributed by atoms with van der Waals surface area (Å²) in [5.41, 5.74) is 2.73. The van der Waals surface area contributed by atoms with Crippen molar-refractivity contribution < 1.29 is 23.9 Å². The Bertz CT molecular complexity index is 847. The number of hydrogen-bond acceptors (Lipinski definition) is 6. The number of ketones is 1. The summed E-state index contributed by atoms with van der Waals surface area (Å²) in [6, 6.07) is 5.53. The molecule has 0 amide bonds. The fourth-order valence-electron chi connectivity index (χ4n) is 2.95. The number of benzene rings is 1. The van der Waals surface area contributed by atoms with E-state index in [0.717, 1.165) is 11.1 Å². The molecule has 0 saturated carbocycles. The van der Waals surface area contributed by atoms with Gasteiger partial charge in [0.25, 0.3) is 0 Å². The van der Waals surface area contributed by atoms with Crippen LogP contribution in [0.5, 0.6) is 0 Å². The van der Waals surface area contributed by atoms with Gasteiger partial charge in [-0.15, -0.1) is 0 Å². The highest BCUT2D eigenvalue weighted by atomic mass is 16.5. The van der Waals surface area contributed by atoms with Crippen molar-refractivity contribution in [2.75, 3.05) is 19.1 Å². The van der Waals surface area contributed by atoms with Crippen molar-refractivity contribution >= 4 is 23.4 Å². The zero-order chi connectivity index (χ0) is 18.0. The number of Topliss-reactive ketones (excluding diaryl/α,β-unsaturated/α-hetero) is 1. The molecule has 6 heteroatoms. The number of allylic oxidation sites excluding steroid dienone is 2. The summed E-state index contributed by atoms with van der Waals surface area (Å²) in [7, 11) is 2.50. The molecular weight excluding hydrogens is 322 g/mol. The Balaban J connectivity index is 2.13. The average molecular weight is 339 g/mol. The molecule has 3 rings (SSSR count). The lowest BCUT2D eigenvalue weighted by Crippen LogP contribution is -2.27. The molecule has 1 aromatic rings. The lowest BCUT2D eigenvalue weighted by molar-refractivity contribution is -0.139. The van der Waals surface area contributed by atoms with E-state index < -0.39 is 11.9 Å². The normalized spacial score (nSPS) is 15.9. The fourth-order valence-corrected chi connectivity index (χ4v) is 2.95. The standard InChI is InChI=1S/C19H17NO5/c1-24-18(22)16-5-3-4-8-20(17(16)19(23)25-2)14-7-6-12-10-15(21)11-13(12)9-14/h3-9H,10-11H2,1-2H3. The second kappa shape index (κ2) is 6.76. The van der Waals surface area contributed by atoms with Gasteiger partial charge in [0.1, 0.15) is 11.5 Å². The average Bonchev–Trinajstić information content (AvgIpc) is 2.85. The van der Waals surface area contributed by atoms with E-state index in [1.165, 1.54) is 20.3 Å². The summed E-state index contributed by atoms with van der Waals surface area (Å²) in [6.45, 7) is 0. The van der Waals surface area contributed by atoms with Gasteiger partial charge in [0.2, 0.25) is 0 Å². The molecule has 0 aromatic heterocycles. The summed E-state index contributed by atoms with van der Waals surface area (Å²) < 4.78 is 9.65. The minimum Gasteiger partial charge on any atom is -0.465 e. The van der Waals surface area contributed by atoms with Crippen LogP contribution in [0.4, 0.5) is 5.69 Å². The van der Waals surface area contributed by atoms with Crippen LogP contribution in [0.1, 0.15) is 11.1 Å². The third kappa shape index (κ3) is 3.10. The SMILES string of the molecule is COC(=O)C1=C(C(=O)OC)N(c2ccc3c(c2)CC(=O)C3)C=CC=C1. The van der Waals surface area contributed by atoms with Crippen LogP contribution >= 0.6 is 0 Å². The van der Waals surface area contributed by atoms with E-state index >= 15 is 0 Å². The topological polar surface area (TPSA) is 72.9 Å². The van der Waals surface area contributed by atoms with Crippen LogP contribution in [0.3, 0.4) is 0 Å². The number of carbonyl (C=O) groups is 3. The minimum absolute atomic E-state index is 0.0589. The van der Waals surface area contributed by atoms with Gasteiger partial charge in [-0.05, 0) is 35.4 Å². The number of ether oxygens (including phenoxy) is 2. The molecule has 0 spiro atoms. The van der Waals surface area contributed by atoms with Crippen molar-refractivity contribution in [3.63, 3.8) is 0 Å². The molecule has 0 atom stereocenters. The van der Waals surface area contributed by atoms with E-state index in [-0.39, 0.29) is 17.1 Å². The first-order valence-corrected chi connectivity index (χ1v) is 7.73. The van der Waals surface area contributed by atoms with Crippen molar-refractivity contribution in [3.8, 4) is 0 Å². The van der Waals surface area contributed by atoms with Crippen LogP contribution in [0.15, 0.2) is 53.9 Å². The van der Waals surface area contributed by atoms with Crippen LogP contribution < -0.4 is 4.90 Å². The Labute approximate surface area is 145 Å². The van der Waals surface area contributed by atoms with Gasteiger partial charge in [0.05, 0.1) is 19.8 Å². The first kappa shape index (κ1) is 16.7. The van der Waals surface area contributed by atoms with E-state index in [2.05, 4.69) is 0 Å². The molecule has 2 aliphatic rings. The molecule has 0 radical (unpaired) electrons. The lowest BCUT2D eigenvalue weighted by Gasteiger charge is -2.23. The van der Waals surface area contributed by atoms with Gasteiger partial charge in [-0.1, -0.05) is 12.1 Å². The van der Waals surface area contributed by atoms with Crippen molar-refractivity contribution in [1.29, 1.82) is 0 Å². The number of rotatable bonds is 3. The molecule has 0 saturated heterocycles. The van der Waals surface area contributed by atoms with Crippen LogP contribution in [-0.2, 0) is 36.7 Å². The number of fused-ring (bicyclic) bond motifs is 1. The molecule has 6 nitrogen and oxygen atoms in total. The first-order chi connectivity index (χ1) is 12.0. The van der Waals surface area contributed by atoms with Gasteiger partial charge >= 0.3 is 11.9 Å². The minimum atomic E-state index is -0.659. The maximum absolute atomic E-state index is 12.4. The quantitative estimate of drug-likeness (QED) is 0.783. The molecule has 0 unspecified atom stereocenters. The summed E-state index contributed by atoms with van der Waals surface area (Å²) in [5.74, 6) is -1.13. The molecule has 128 valence electrons.